The predicted molar refractivity (Wildman–Crippen MR) is 141 cm³/mol. The van der Waals surface area contributed by atoms with E-state index in [-0.39, 0.29) is 24.0 Å². The molecule has 0 unspecified atom stereocenters. The van der Waals surface area contributed by atoms with Gasteiger partial charge in [0.1, 0.15) is 5.82 Å². The zero-order chi connectivity index (χ0) is 21.5. The summed E-state index contributed by atoms with van der Waals surface area (Å²) < 4.78 is 4.14. The average molecular weight is 543 g/mol. The van der Waals surface area contributed by atoms with Gasteiger partial charge in [-0.1, -0.05) is 24.3 Å². The third kappa shape index (κ3) is 5.87. The summed E-state index contributed by atoms with van der Waals surface area (Å²) in [6.07, 6.45) is 5.66. The van der Waals surface area contributed by atoms with E-state index >= 15 is 0 Å². The molecule has 0 aliphatic carbocycles. The summed E-state index contributed by atoms with van der Waals surface area (Å²) in [6.45, 7) is 4.67. The Morgan fingerprint density at radius 3 is 2.53 bits per heavy atom. The van der Waals surface area contributed by atoms with E-state index in [1.807, 2.05) is 30.1 Å². The highest BCUT2D eigenvalue weighted by Crippen LogP contribution is 2.15. The van der Waals surface area contributed by atoms with Crippen molar-refractivity contribution in [2.75, 3.05) is 20.1 Å². The molecular weight excluding hydrogens is 513 g/mol. The maximum Gasteiger partial charge on any atom is 0.190 e. The lowest BCUT2D eigenvalue weighted by Gasteiger charge is -2.13. The van der Waals surface area contributed by atoms with E-state index in [2.05, 4.69) is 79.7 Å². The topological polar surface area (TPSA) is 72.1 Å². The lowest BCUT2D eigenvalue weighted by molar-refractivity contribution is 0.624. The minimum Gasteiger partial charge on any atom is -0.356 e. The number of aryl methyl sites for hydroxylation is 2. The van der Waals surface area contributed by atoms with Gasteiger partial charge in [-0.15, -0.1) is 24.0 Å². The Balaban J connectivity index is 0.00000289. The number of aromatic nitrogens is 4. The van der Waals surface area contributed by atoms with Crippen molar-refractivity contribution in [3.05, 3.63) is 78.4 Å². The molecule has 0 aliphatic rings. The number of halogens is 1. The highest BCUT2D eigenvalue weighted by Gasteiger charge is 2.06. The molecule has 0 saturated carbocycles. The summed E-state index contributed by atoms with van der Waals surface area (Å²) in [6, 6.07) is 18.7. The molecule has 0 aliphatic heterocycles. The fraction of sp³-hybridized carbons (Fsp3) is 0.292. The first kappa shape index (κ1) is 23.8. The molecule has 0 spiro atoms. The fourth-order valence-electron chi connectivity index (χ4n) is 3.70. The molecule has 0 fully saturated rings. The number of nitrogens with one attached hydrogen (secondary N) is 2. The van der Waals surface area contributed by atoms with Crippen LogP contribution in [0.5, 0.6) is 0 Å². The van der Waals surface area contributed by atoms with E-state index in [0.717, 1.165) is 55.5 Å². The molecular formula is C24H30IN7. The van der Waals surface area contributed by atoms with E-state index in [4.69, 9.17) is 0 Å². The van der Waals surface area contributed by atoms with E-state index < -0.39 is 0 Å². The number of nitrogens with zero attached hydrogens (tertiary/aromatic N) is 5. The molecule has 2 N–H and O–H groups in total. The Morgan fingerprint density at radius 2 is 1.78 bits per heavy atom. The van der Waals surface area contributed by atoms with Crippen molar-refractivity contribution in [3.8, 4) is 5.69 Å². The number of fused-ring (bicyclic) bond motifs is 1. The van der Waals surface area contributed by atoms with Gasteiger partial charge < -0.3 is 15.2 Å². The number of benzene rings is 2. The number of rotatable bonds is 8. The van der Waals surface area contributed by atoms with Crippen molar-refractivity contribution in [2.45, 2.75) is 26.3 Å². The van der Waals surface area contributed by atoms with Crippen molar-refractivity contribution in [1.29, 1.82) is 0 Å². The van der Waals surface area contributed by atoms with Crippen LogP contribution in [-0.2, 0) is 13.0 Å². The zero-order valence-electron chi connectivity index (χ0n) is 18.5. The van der Waals surface area contributed by atoms with Crippen molar-refractivity contribution in [2.24, 2.45) is 4.99 Å². The maximum atomic E-state index is 4.63. The summed E-state index contributed by atoms with van der Waals surface area (Å²) in [5.74, 6) is 1.89. The lowest BCUT2D eigenvalue weighted by atomic mass is 10.1. The third-order valence-corrected chi connectivity index (χ3v) is 5.33. The normalized spacial score (nSPS) is 11.4. The molecule has 0 atom stereocenters. The molecule has 0 amide bonds. The van der Waals surface area contributed by atoms with Gasteiger partial charge in [0.05, 0.1) is 16.7 Å². The zero-order valence-corrected chi connectivity index (χ0v) is 20.9. The molecule has 7 nitrogen and oxygen atoms in total. The Kier molecular flexibility index (Phi) is 8.66. The van der Waals surface area contributed by atoms with Gasteiger partial charge in [0.25, 0.3) is 0 Å². The summed E-state index contributed by atoms with van der Waals surface area (Å²) in [4.78, 5) is 8.97. The van der Waals surface area contributed by atoms with Crippen LogP contribution in [0.15, 0.2) is 72.0 Å². The minimum absolute atomic E-state index is 0. The Labute approximate surface area is 206 Å². The SMILES string of the molecule is CN=C(NCCCn1c(C)nc2ccccc21)NCCc1ccc(-n2cccn2)cc1.I. The Hall–Kier alpha value is -2.88. The van der Waals surface area contributed by atoms with E-state index in [1.165, 1.54) is 11.1 Å². The maximum absolute atomic E-state index is 4.63. The van der Waals surface area contributed by atoms with Crippen molar-refractivity contribution >= 4 is 41.0 Å². The van der Waals surface area contributed by atoms with Gasteiger partial charge in [-0.2, -0.15) is 5.10 Å². The third-order valence-electron chi connectivity index (χ3n) is 5.33. The molecule has 0 saturated heterocycles. The highest BCUT2D eigenvalue weighted by atomic mass is 127. The van der Waals surface area contributed by atoms with Gasteiger partial charge in [0.2, 0.25) is 0 Å². The minimum atomic E-state index is 0. The van der Waals surface area contributed by atoms with Crippen LogP contribution in [0, 0.1) is 6.92 Å². The standard InChI is InChI=1S/C24H29N7.HI/c1-19-29-22-7-3-4-8-23(22)30(19)17-5-14-26-24(25-2)27-16-13-20-9-11-21(12-10-20)31-18-6-15-28-31;/h3-4,6-12,15,18H,5,13-14,16-17H2,1-2H3,(H2,25,26,27);1H. The van der Waals surface area contributed by atoms with Gasteiger partial charge in [0, 0.05) is 39.1 Å². The van der Waals surface area contributed by atoms with Gasteiger partial charge in [-0.05, 0) is 55.7 Å². The molecule has 2 heterocycles. The largest absolute Gasteiger partial charge is 0.356 e. The number of para-hydroxylation sites is 2. The van der Waals surface area contributed by atoms with Gasteiger partial charge in [-0.3, -0.25) is 4.99 Å². The molecule has 0 bridgehead atoms. The lowest BCUT2D eigenvalue weighted by Crippen LogP contribution is -2.39. The number of hydrogen-bond donors (Lipinski definition) is 2. The van der Waals surface area contributed by atoms with Crippen LogP contribution in [0.2, 0.25) is 0 Å². The quantitative estimate of drug-likeness (QED) is 0.153. The highest BCUT2D eigenvalue weighted by molar-refractivity contribution is 14.0. The van der Waals surface area contributed by atoms with E-state index in [0.29, 0.717) is 0 Å². The molecule has 32 heavy (non-hydrogen) atoms. The second-order valence-corrected chi connectivity index (χ2v) is 7.45. The molecule has 8 heteroatoms. The molecule has 2 aromatic carbocycles. The van der Waals surface area contributed by atoms with Crippen LogP contribution in [0.4, 0.5) is 0 Å². The Bertz CT molecular complexity index is 1130. The summed E-state index contributed by atoms with van der Waals surface area (Å²) >= 11 is 0. The van der Waals surface area contributed by atoms with Crippen LogP contribution in [0.1, 0.15) is 17.8 Å². The van der Waals surface area contributed by atoms with Gasteiger partial charge in [0.15, 0.2) is 5.96 Å². The first-order chi connectivity index (χ1) is 15.2. The smallest absolute Gasteiger partial charge is 0.190 e. The van der Waals surface area contributed by atoms with Crippen molar-refractivity contribution in [1.82, 2.24) is 30.0 Å². The van der Waals surface area contributed by atoms with Crippen molar-refractivity contribution in [3.63, 3.8) is 0 Å². The number of guanidine groups is 1. The summed E-state index contributed by atoms with van der Waals surface area (Å²) in [7, 11) is 1.81. The molecule has 168 valence electrons. The molecule has 4 rings (SSSR count). The Morgan fingerprint density at radius 1 is 1.00 bits per heavy atom. The molecule has 2 aromatic heterocycles. The van der Waals surface area contributed by atoms with Crippen molar-refractivity contribution < 1.29 is 0 Å². The van der Waals surface area contributed by atoms with E-state index in [9.17, 15) is 0 Å². The van der Waals surface area contributed by atoms with Crippen LogP contribution >= 0.6 is 24.0 Å². The summed E-state index contributed by atoms with van der Waals surface area (Å²) in [5.41, 5.74) is 4.60. The second-order valence-electron chi connectivity index (χ2n) is 7.45. The van der Waals surface area contributed by atoms with E-state index in [1.54, 1.807) is 6.20 Å². The number of hydrogen-bond acceptors (Lipinski definition) is 3. The fourth-order valence-corrected chi connectivity index (χ4v) is 3.70. The summed E-state index contributed by atoms with van der Waals surface area (Å²) in [5, 5.41) is 11.1. The monoisotopic (exact) mass is 543 g/mol. The first-order valence-corrected chi connectivity index (χ1v) is 10.7. The number of aliphatic imine (C=N–C) groups is 1. The first-order valence-electron chi connectivity index (χ1n) is 10.7. The predicted octanol–water partition coefficient (Wildman–Crippen LogP) is 3.95. The van der Waals surface area contributed by atoms with Crippen LogP contribution in [0.3, 0.4) is 0 Å². The van der Waals surface area contributed by atoms with Crippen LogP contribution in [-0.4, -0.2) is 45.4 Å². The number of imidazole rings is 1. The van der Waals surface area contributed by atoms with Crippen LogP contribution in [0.25, 0.3) is 16.7 Å². The van der Waals surface area contributed by atoms with Gasteiger partial charge >= 0.3 is 0 Å². The molecule has 4 aromatic rings. The second kappa shape index (κ2) is 11.7. The molecule has 0 radical (unpaired) electrons. The van der Waals surface area contributed by atoms with Gasteiger partial charge in [-0.25, -0.2) is 9.67 Å². The van der Waals surface area contributed by atoms with Crippen LogP contribution < -0.4 is 10.6 Å². The average Bonchev–Trinajstić information content (AvgIpc) is 3.44.